The number of phenolic OH excluding ortho intramolecular Hbond substituents is 1. The van der Waals surface area contributed by atoms with Crippen molar-refractivity contribution in [1.29, 1.82) is 0 Å². The van der Waals surface area contributed by atoms with Gasteiger partial charge >= 0.3 is 0 Å². The van der Waals surface area contributed by atoms with E-state index < -0.39 is 0 Å². The van der Waals surface area contributed by atoms with Crippen LogP contribution < -0.4 is 0 Å². The first-order chi connectivity index (χ1) is 11.2. The van der Waals surface area contributed by atoms with Gasteiger partial charge in [0.2, 0.25) is 5.91 Å². The SMILES string of the molecule is O=C(/C=C/c1cccc(O)c1)N1CCCC[C@@H]1Cn1ccnn1. The van der Waals surface area contributed by atoms with Gasteiger partial charge in [-0.15, -0.1) is 5.10 Å². The van der Waals surface area contributed by atoms with Gasteiger partial charge in [0.25, 0.3) is 0 Å². The van der Waals surface area contributed by atoms with E-state index in [1.165, 1.54) is 0 Å². The van der Waals surface area contributed by atoms with Crippen molar-refractivity contribution in [1.82, 2.24) is 19.9 Å². The van der Waals surface area contributed by atoms with Gasteiger partial charge in [-0.25, -0.2) is 0 Å². The molecule has 6 heteroatoms. The topological polar surface area (TPSA) is 71.2 Å². The average molecular weight is 312 g/mol. The van der Waals surface area contributed by atoms with E-state index in [4.69, 9.17) is 0 Å². The normalized spacial score (nSPS) is 18.4. The molecule has 0 saturated carbocycles. The predicted molar refractivity (Wildman–Crippen MR) is 86.5 cm³/mol. The van der Waals surface area contributed by atoms with E-state index in [2.05, 4.69) is 10.3 Å². The lowest BCUT2D eigenvalue weighted by molar-refractivity contribution is -0.129. The van der Waals surface area contributed by atoms with E-state index in [0.29, 0.717) is 6.54 Å². The molecule has 1 aromatic heterocycles. The van der Waals surface area contributed by atoms with Crippen LogP contribution in [-0.4, -0.2) is 43.5 Å². The number of rotatable bonds is 4. The summed E-state index contributed by atoms with van der Waals surface area (Å²) in [6.07, 6.45) is 9.92. The number of aromatic nitrogens is 3. The van der Waals surface area contributed by atoms with Crippen LogP contribution in [0.3, 0.4) is 0 Å². The first-order valence-electron chi connectivity index (χ1n) is 7.84. The highest BCUT2D eigenvalue weighted by Crippen LogP contribution is 2.19. The van der Waals surface area contributed by atoms with E-state index in [1.54, 1.807) is 41.2 Å². The number of nitrogens with zero attached hydrogens (tertiary/aromatic N) is 4. The van der Waals surface area contributed by atoms with Crippen LogP contribution in [-0.2, 0) is 11.3 Å². The van der Waals surface area contributed by atoms with Gasteiger partial charge in [0.1, 0.15) is 5.75 Å². The van der Waals surface area contributed by atoms with Crippen LogP contribution in [0.2, 0.25) is 0 Å². The van der Waals surface area contributed by atoms with Crippen molar-refractivity contribution >= 4 is 12.0 Å². The van der Waals surface area contributed by atoms with Crippen LogP contribution in [0.4, 0.5) is 0 Å². The molecule has 0 aliphatic carbocycles. The summed E-state index contributed by atoms with van der Waals surface area (Å²) in [7, 11) is 0. The Morgan fingerprint density at radius 1 is 1.39 bits per heavy atom. The lowest BCUT2D eigenvalue weighted by Gasteiger charge is -2.35. The number of benzene rings is 1. The van der Waals surface area contributed by atoms with Gasteiger partial charge in [-0.1, -0.05) is 17.3 Å². The van der Waals surface area contributed by atoms with Crippen LogP contribution in [0.25, 0.3) is 6.08 Å². The second-order valence-electron chi connectivity index (χ2n) is 5.73. The van der Waals surface area contributed by atoms with Crippen molar-refractivity contribution in [2.75, 3.05) is 6.54 Å². The van der Waals surface area contributed by atoms with Crippen molar-refractivity contribution in [3.63, 3.8) is 0 Å². The van der Waals surface area contributed by atoms with E-state index in [0.717, 1.165) is 31.4 Å². The third kappa shape index (κ3) is 3.97. The molecule has 1 aliphatic rings. The van der Waals surface area contributed by atoms with Crippen molar-refractivity contribution in [2.45, 2.75) is 31.8 Å². The van der Waals surface area contributed by atoms with Gasteiger partial charge in [-0.3, -0.25) is 9.48 Å². The summed E-state index contributed by atoms with van der Waals surface area (Å²) >= 11 is 0. The minimum absolute atomic E-state index is 0.00171. The summed E-state index contributed by atoms with van der Waals surface area (Å²) < 4.78 is 1.77. The second-order valence-corrected chi connectivity index (χ2v) is 5.73. The Kier molecular flexibility index (Phi) is 4.71. The van der Waals surface area contributed by atoms with Gasteiger partial charge in [0, 0.05) is 18.8 Å². The molecular weight excluding hydrogens is 292 g/mol. The quantitative estimate of drug-likeness (QED) is 0.877. The molecule has 1 aliphatic heterocycles. The van der Waals surface area contributed by atoms with Crippen molar-refractivity contribution in [2.24, 2.45) is 0 Å². The number of amides is 1. The Morgan fingerprint density at radius 3 is 3.09 bits per heavy atom. The Balaban J connectivity index is 1.68. The molecule has 23 heavy (non-hydrogen) atoms. The van der Waals surface area contributed by atoms with Crippen LogP contribution in [0, 0.1) is 0 Å². The minimum Gasteiger partial charge on any atom is -0.508 e. The fraction of sp³-hybridized carbons (Fsp3) is 0.353. The number of hydrogen-bond donors (Lipinski definition) is 1. The van der Waals surface area contributed by atoms with Gasteiger partial charge < -0.3 is 10.0 Å². The predicted octanol–water partition coefficient (Wildman–Crippen LogP) is 2.08. The molecule has 120 valence electrons. The Labute approximate surface area is 135 Å². The molecule has 0 unspecified atom stereocenters. The lowest BCUT2D eigenvalue weighted by Crippen LogP contribution is -2.45. The summed E-state index contributed by atoms with van der Waals surface area (Å²) in [5.41, 5.74) is 0.809. The first-order valence-corrected chi connectivity index (χ1v) is 7.84. The summed E-state index contributed by atoms with van der Waals surface area (Å²) in [6.45, 7) is 1.44. The van der Waals surface area contributed by atoms with Gasteiger partial charge in [0.05, 0.1) is 18.8 Å². The number of carbonyl (C=O) groups is 1. The number of aromatic hydroxyl groups is 1. The van der Waals surface area contributed by atoms with Crippen LogP contribution in [0.15, 0.2) is 42.7 Å². The Bertz CT molecular complexity index is 682. The number of carbonyl (C=O) groups excluding carboxylic acids is 1. The molecule has 0 radical (unpaired) electrons. The molecule has 0 bridgehead atoms. The number of piperidine rings is 1. The highest BCUT2D eigenvalue weighted by atomic mass is 16.3. The molecule has 1 atom stereocenters. The molecular formula is C17H20N4O2. The largest absolute Gasteiger partial charge is 0.508 e. The zero-order chi connectivity index (χ0) is 16.1. The van der Waals surface area contributed by atoms with Crippen LogP contribution in [0.5, 0.6) is 5.75 Å². The number of likely N-dealkylation sites (tertiary alicyclic amines) is 1. The third-order valence-corrected chi connectivity index (χ3v) is 4.07. The summed E-state index contributed by atoms with van der Waals surface area (Å²) in [5, 5.41) is 17.3. The lowest BCUT2D eigenvalue weighted by atomic mass is 10.0. The van der Waals surface area contributed by atoms with Crippen LogP contribution >= 0.6 is 0 Å². The van der Waals surface area contributed by atoms with E-state index in [1.807, 2.05) is 17.2 Å². The minimum atomic E-state index is -0.00171. The fourth-order valence-electron chi connectivity index (χ4n) is 2.92. The molecule has 0 spiro atoms. The molecule has 2 heterocycles. The fourth-order valence-corrected chi connectivity index (χ4v) is 2.92. The monoisotopic (exact) mass is 312 g/mol. The smallest absolute Gasteiger partial charge is 0.246 e. The van der Waals surface area contributed by atoms with Crippen molar-refractivity contribution < 1.29 is 9.90 Å². The van der Waals surface area contributed by atoms with Crippen LogP contribution in [0.1, 0.15) is 24.8 Å². The summed E-state index contributed by atoms with van der Waals surface area (Å²) in [4.78, 5) is 14.4. The zero-order valence-electron chi connectivity index (χ0n) is 12.9. The van der Waals surface area contributed by atoms with E-state index in [9.17, 15) is 9.90 Å². The van der Waals surface area contributed by atoms with Gasteiger partial charge in [0.15, 0.2) is 0 Å². The highest BCUT2D eigenvalue weighted by Gasteiger charge is 2.25. The van der Waals surface area contributed by atoms with E-state index in [-0.39, 0.29) is 17.7 Å². The van der Waals surface area contributed by atoms with E-state index >= 15 is 0 Å². The average Bonchev–Trinajstić information content (AvgIpc) is 3.06. The highest BCUT2D eigenvalue weighted by molar-refractivity contribution is 5.92. The Hall–Kier alpha value is -2.63. The summed E-state index contributed by atoms with van der Waals surface area (Å²) in [6, 6.07) is 7.00. The van der Waals surface area contributed by atoms with Gasteiger partial charge in [-0.05, 0) is 43.0 Å². The third-order valence-electron chi connectivity index (χ3n) is 4.07. The molecule has 3 rings (SSSR count). The molecule has 1 N–H and O–H groups in total. The molecule has 6 nitrogen and oxygen atoms in total. The van der Waals surface area contributed by atoms with Crippen molar-refractivity contribution in [3.8, 4) is 5.75 Å². The van der Waals surface area contributed by atoms with Crippen molar-refractivity contribution in [3.05, 3.63) is 48.3 Å². The molecule has 1 fully saturated rings. The molecule has 1 aromatic carbocycles. The second kappa shape index (κ2) is 7.09. The zero-order valence-corrected chi connectivity index (χ0v) is 12.9. The maximum atomic E-state index is 12.5. The number of phenols is 1. The number of hydrogen-bond acceptors (Lipinski definition) is 4. The molecule has 1 saturated heterocycles. The molecule has 1 amide bonds. The van der Waals surface area contributed by atoms with Gasteiger partial charge in [-0.2, -0.15) is 0 Å². The maximum Gasteiger partial charge on any atom is 0.246 e. The maximum absolute atomic E-state index is 12.5. The summed E-state index contributed by atoms with van der Waals surface area (Å²) in [5.74, 6) is 0.194. The first kappa shape index (κ1) is 15.3. The molecule has 2 aromatic rings. The standard InChI is InChI=1S/C17H20N4O2/c22-16-6-3-4-14(12-16)7-8-17(23)21-10-2-1-5-15(21)13-20-11-9-18-19-20/h3-4,6-9,11-12,15,22H,1-2,5,10,13H2/b8-7+/t15-/m1/s1. The Morgan fingerprint density at radius 2 is 2.30 bits per heavy atom.